The summed E-state index contributed by atoms with van der Waals surface area (Å²) in [6, 6.07) is 3.77. The average molecular weight is 254 g/mol. The van der Waals surface area contributed by atoms with E-state index >= 15 is 0 Å². The molecule has 0 aliphatic carbocycles. The Morgan fingerprint density at radius 3 is 2.71 bits per heavy atom. The number of carbonyl (C=O) groups excluding carboxylic acids is 1. The van der Waals surface area contributed by atoms with Crippen molar-refractivity contribution in [2.45, 2.75) is 33.2 Å². The molecular formula is C13H22N2OS. The van der Waals surface area contributed by atoms with Crippen LogP contribution < -0.4 is 5.73 Å². The first-order valence-corrected chi connectivity index (χ1v) is 7.01. The van der Waals surface area contributed by atoms with E-state index in [0.29, 0.717) is 0 Å². The predicted octanol–water partition coefficient (Wildman–Crippen LogP) is 2.12. The number of amides is 1. The first-order chi connectivity index (χ1) is 8.06. The van der Waals surface area contributed by atoms with Crippen LogP contribution >= 0.6 is 11.3 Å². The highest BCUT2D eigenvalue weighted by Gasteiger charge is 2.22. The van der Waals surface area contributed by atoms with Gasteiger partial charge in [-0.15, -0.1) is 11.3 Å². The fourth-order valence-corrected chi connectivity index (χ4v) is 2.32. The molecule has 1 atom stereocenters. The second kappa shape index (κ2) is 6.77. The highest BCUT2D eigenvalue weighted by atomic mass is 32.1. The Bertz CT molecular complexity index is 335. The zero-order valence-electron chi connectivity index (χ0n) is 10.8. The van der Waals surface area contributed by atoms with Gasteiger partial charge in [0.25, 0.3) is 0 Å². The maximum absolute atomic E-state index is 12.1. The number of carbonyl (C=O) groups is 1. The summed E-state index contributed by atoms with van der Waals surface area (Å²) in [6.45, 7) is 7.45. The minimum absolute atomic E-state index is 0.0686. The number of likely N-dealkylation sites (N-methyl/N-ethyl adjacent to an activating group) is 1. The SMILES string of the molecule is CCN(CCc1cccs1)C(=O)[C@@H](N)C(C)C. The van der Waals surface area contributed by atoms with Crippen molar-refractivity contribution >= 4 is 17.2 Å². The third kappa shape index (κ3) is 4.13. The molecule has 0 radical (unpaired) electrons. The van der Waals surface area contributed by atoms with E-state index in [2.05, 4.69) is 11.4 Å². The first kappa shape index (κ1) is 14.2. The molecule has 96 valence electrons. The summed E-state index contributed by atoms with van der Waals surface area (Å²) in [4.78, 5) is 15.2. The van der Waals surface area contributed by atoms with E-state index in [0.717, 1.165) is 19.5 Å². The fraction of sp³-hybridized carbons (Fsp3) is 0.615. The molecule has 2 N–H and O–H groups in total. The summed E-state index contributed by atoms with van der Waals surface area (Å²) in [6.07, 6.45) is 0.919. The number of hydrogen-bond donors (Lipinski definition) is 1. The van der Waals surface area contributed by atoms with E-state index in [1.807, 2.05) is 31.7 Å². The van der Waals surface area contributed by atoms with Crippen LogP contribution in [0.15, 0.2) is 17.5 Å². The Morgan fingerprint density at radius 2 is 2.24 bits per heavy atom. The van der Waals surface area contributed by atoms with Crippen LogP contribution in [0.2, 0.25) is 0 Å². The Morgan fingerprint density at radius 1 is 1.53 bits per heavy atom. The van der Waals surface area contributed by atoms with Gasteiger partial charge in [0.2, 0.25) is 5.91 Å². The van der Waals surface area contributed by atoms with E-state index in [1.54, 1.807) is 11.3 Å². The maximum atomic E-state index is 12.1. The van der Waals surface area contributed by atoms with Crippen LogP contribution in [0.5, 0.6) is 0 Å². The number of thiophene rings is 1. The van der Waals surface area contributed by atoms with Crippen LogP contribution in [-0.4, -0.2) is 29.9 Å². The molecule has 1 rings (SSSR count). The first-order valence-electron chi connectivity index (χ1n) is 6.13. The molecular weight excluding hydrogens is 232 g/mol. The van der Waals surface area contributed by atoms with Gasteiger partial charge in [-0.25, -0.2) is 0 Å². The standard InChI is InChI=1S/C13H22N2OS/c1-4-15(13(16)12(14)10(2)3)8-7-11-6-5-9-17-11/h5-6,9-10,12H,4,7-8,14H2,1-3H3/t12-/m0/s1. The number of nitrogens with zero attached hydrogens (tertiary/aromatic N) is 1. The number of hydrogen-bond acceptors (Lipinski definition) is 3. The summed E-state index contributed by atoms with van der Waals surface area (Å²) >= 11 is 1.73. The lowest BCUT2D eigenvalue weighted by Crippen LogP contribution is -2.47. The van der Waals surface area contributed by atoms with Gasteiger partial charge in [-0.05, 0) is 30.7 Å². The Labute approximate surface area is 108 Å². The Hall–Kier alpha value is -0.870. The van der Waals surface area contributed by atoms with Crippen molar-refractivity contribution < 1.29 is 4.79 Å². The van der Waals surface area contributed by atoms with E-state index in [-0.39, 0.29) is 17.9 Å². The molecule has 0 aliphatic rings. The summed E-state index contributed by atoms with van der Waals surface area (Å²) in [5, 5.41) is 2.06. The Kier molecular flexibility index (Phi) is 5.65. The van der Waals surface area contributed by atoms with Gasteiger partial charge in [0.05, 0.1) is 6.04 Å². The van der Waals surface area contributed by atoms with Gasteiger partial charge in [0.15, 0.2) is 0 Å². The second-order valence-corrected chi connectivity index (χ2v) is 5.55. The Balaban J connectivity index is 2.50. The molecule has 4 heteroatoms. The highest BCUT2D eigenvalue weighted by Crippen LogP contribution is 2.11. The molecule has 3 nitrogen and oxygen atoms in total. The molecule has 0 saturated carbocycles. The van der Waals surface area contributed by atoms with Gasteiger partial charge in [0.1, 0.15) is 0 Å². The zero-order valence-corrected chi connectivity index (χ0v) is 11.7. The van der Waals surface area contributed by atoms with Crippen molar-refractivity contribution in [1.82, 2.24) is 4.90 Å². The van der Waals surface area contributed by atoms with Crippen LogP contribution in [0, 0.1) is 5.92 Å². The lowest BCUT2D eigenvalue weighted by Gasteiger charge is -2.25. The molecule has 0 aliphatic heterocycles. The molecule has 0 fully saturated rings. The lowest BCUT2D eigenvalue weighted by molar-refractivity contribution is -0.133. The normalized spacial score (nSPS) is 12.8. The molecule has 0 spiro atoms. The van der Waals surface area contributed by atoms with E-state index in [9.17, 15) is 4.79 Å². The maximum Gasteiger partial charge on any atom is 0.239 e. The van der Waals surface area contributed by atoms with Gasteiger partial charge < -0.3 is 10.6 Å². The van der Waals surface area contributed by atoms with Gasteiger partial charge in [-0.1, -0.05) is 19.9 Å². The monoisotopic (exact) mass is 254 g/mol. The topological polar surface area (TPSA) is 46.3 Å². The van der Waals surface area contributed by atoms with Gasteiger partial charge in [-0.2, -0.15) is 0 Å². The molecule has 1 aromatic heterocycles. The zero-order chi connectivity index (χ0) is 12.8. The summed E-state index contributed by atoms with van der Waals surface area (Å²) in [5.74, 6) is 0.261. The molecule has 1 amide bonds. The molecule has 1 aromatic rings. The van der Waals surface area contributed by atoms with E-state index in [4.69, 9.17) is 5.73 Å². The molecule has 0 saturated heterocycles. The lowest BCUT2D eigenvalue weighted by atomic mass is 10.0. The molecule has 17 heavy (non-hydrogen) atoms. The number of rotatable bonds is 6. The molecule has 0 aromatic carbocycles. The van der Waals surface area contributed by atoms with Crippen molar-refractivity contribution in [1.29, 1.82) is 0 Å². The van der Waals surface area contributed by atoms with Crippen molar-refractivity contribution in [3.05, 3.63) is 22.4 Å². The summed E-state index contributed by atoms with van der Waals surface area (Å²) < 4.78 is 0. The average Bonchev–Trinajstić information content (AvgIpc) is 2.81. The van der Waals surface area contributed by atoms with Crippen molar-refractivity contribution in [3.8, 4) is 0 Å². The van der Waals surface area contributed by atoms with Gasteiger partial charge >= 0.3 is 0 Å². The van der Waals surface area contributed by atoms with Gasteiger partial charge in [-0.3, -0.25) is 4.79 Å². The van der Waals surface area contributed by atoms with Crippen molar-refractivity contribution in [2.24, 2.45) is 11.7 Å². The van der Waals surface area contributed by atoms with E-state index in [1.165, 1.54) is 4.88 Å². The van der Waals surface area contributed by atoms with Gasteiger partial charge in [0, 0.05) is 18.0 Å². The second-order valence-electron chi connectivity index (χ2n) is 4.52. The minimum atomic E-state index is -0.377. The van der Waals surface area contributed by atoms with Crippen LogP contribution in [0.3, 0.4) is 0 Å². The van der Waals surface area contributed by atoms with Crippen LogP contribution in [-0.2, 0) is 11.2 Å². The van der Waals surface area contributed by atoms with Crippen LogP contribution in [0.25, 0.3) is 0 Å². The number of nitrogens with two attached hydrogens (primary N) is 1. The van der Waals surface area contributed by atoms with Crippen LogP contribution in [0.1, 0.15) is 25.6 Å². The summed E-state index contributed by atoms with van der Waals surface area (Å²) in [7, 11) is 0. The third-order valence-corrected chi connectivity index (χ3v) is 3.84. The van der Waals surface area contributed by atoms with Crippen LogP contribution in [0.4, 0.5) is 0 Å². The molecule has 1 heterocycles. The third-order valence-electron chi connectivity index (χ3n) is 2.91. The quantitative estimate of drug-likeness (QED) is 0.845. The van der Waals surface area contributed by atoms with Crippen molar-refractivity contribution in [3.63, 3.8) is 0 Å². The smallest absolute Gasteiger partial charge is 0.239 e. The fourth-order valence-electron chi connectivity index (χ4n) is 1.62. The van der Waals surface area contributed by atoms with E-state index < -0.39 is 0 Å². The molecule has 0 bridgehead atoms. The highest BCUT2D eigenvalue weighted by molar-refractivity contribution is 7.09. The molecule has 0 unspecified atom stereocenters. The summed E-state index contributed by atoms with van der Waals surface area (Å²) in [5.41, 5.74) is 5.90. The largest absolute Gasteiger partial charge is 0.341 e. The predicted molar refractivity (Wildman–Crippen MR) is 73.1 cm³/mol. The van der Waals surface area contributed by atoms with Crippen molar-refractivity contribution in [2.75, 3.05) is 13.1 Å². The minimum Gasteiger partial charge on any atom is -0.341 e.